The fraction of sp³-hybridized carbons (Fsp3) is 0.860. The predicted molar refractivity (Wildman–Crippen MR) is 205 cm³/mol. The van der Waals surface area contributed by atoms with Crippen LogP contribution in [0.3, 0.4) is 0 Å². The van der Waals surface area contributed by atoms with E-state index in [-0.39, 0.29) is 25.2 Å². The molecular weight excluding hydrogens is 596 g/mol. The van der Waals surface area contributed by atoms with Gasteiger partial charge in [0, 0.05) is 12.8 Å². The highest BCUT2D eigenvalue weighted by Gasteiger charge is 2.16. The van der Waals surface area contributed by atoms with Crippen molar-refractivity contribution in [1.82, 2.24) is 0 Å². The van der Waals surface area contributed by atoms with E-state index in [1.807, 2.05) is 0 Å². The summed E-state index contributed by atoms with van der Waals surface area (Å²) < 4.78 is 10.6. The van der Waals surface area contributed by atoms with Crippen LogP contribution in [0.4, 0.5) is 0 Å². The average molecular weight is 677 g/mol. The fourth-order valence-electron chi connectivity index (χ4n) is 6.06. The molecule has 5 nitrogen and oxygen atoms in total. The van der Waals surface area contributed by atoms with Crippen molar-refractivity contribution in [1.29, 1.82) is 0 Å². The van der Waals surface area contributed by atoms with E-state index in [1.54, 1.807) is 0 Å². The van der Waals surface area contributed by atoms with Crippen LogP contribution in [0.25, 0.3) is 0 Å². The minimum Gasteiger partial charge on any atom is -0.462 e. The lowest BCUT2D eigenvalue weighted by Gasteiger charge is -2.15. The summed E-state index contributed by atoms with van der Waals surface area (Å²) in [4.78, 5) is 24.3. The first-order chi connectivity index (χ1) is 23.6. The van der Waals surface area contributed by atoms with E-state index in [2.05, 4.69) is 38.2 Å². The van der Waals surface area contributed by atoms with Crippen molar-refractivity contribution < 1.29 is 24.2 Å². The van der Waals surface area contributed by atoms with Crippen molar-refractivity contribution >= 4 is 11.9 Å². The van der Waals surface area contributed by atoms with E-state index >= 15 is 0 Å². The zero-order valence-corrected chi connectivity index (χ0v) is 32.0. The van der Waals surface area contributed by atoms with E-state index < -0.39 is 6.10 Å². The Morgan fingerprint density at radius 3 is 1.27 bits per heavy atom. The number of allylic oxidation sites excluding steroid dienone is 4. The van der Waals surface area contributed by atoms with Gasteiger partial charge in [0.15, 0.2) is 6.10 Å². The van der Waals surface area contributed by atoms with Crippen LogP contribution in [-0.2, 0) is 19.1 Å². The molecule has 0 aliphatic heterocycles. The fourth-order valence-corrected chi connectivity index (χ4v) is 6.06. The molecule has 282 valence electrons. The standard InChI is InChI=1S/C43H80O5/c1-3-5-7-9-11-13-15-17-19-20-21-22-24-26-28-30-32-34-36-38-43(46)48-41(39-44)40-47-42(45)37-35-33-31-29-27-25-23-18-16-14-12-10-8-6-4-2/h11,13,17,19,41,44H,3-10,12,14-16,18,20-40H2,1-2H3/b13-11-,19-17-. The van der Waals surface area contributed by atoms with E-state index in [0.717, 1.165) is 44.9 Å². The highest BCUT2D eigenvalue weighted by molar-refractivity contribution is 5.70. The Hall–Kier alpha value is -1.62. The van der Waals surface area contributed by atoms with Crippen molar-refractivity contribution in [3.63, 3.8) is 0 Å². The quantitative estimate of drug-likeness (QED) is 0.0400. The lowest BCUT2D eigenvalue weighted by atomic mass is 10.0. The monoisotopic (exact) mass is 677 g/mol. The van der Waals surface area contributed by atoms with E-state index in [4.69, 9.17) is 9.47 Å². The number of rotatable bonds is 38. The Kier molecular flexibility index (Phi) is 38.5. The molecule has 5 heteroatoms. The van der Waals surface area contributed by atoms with Gasteiger partial charge in [0.05, 0.1) is 6.61 Å². The van der Waals surface area contributed by atoms with Crippen LogP contribution in [0.5, 0.6) is 0 Å². The normalized spacial score (nSPS) is 12.3. The highest BCUT2D eigenvalue weighted by atomic mass is 16.6. The van der Waals surface area contributed by atoms with Crippen molar-refractivity contribution in [2.24, 2.45) is 0 Å². The van der Waals surface area contributed by atoms with Crippen LogP contribution >= 0.6 is 0 Å². The third kappa shape index (κ3) is 37.2. The number of aliphatic hydroxyl groups excluding tert-OH is 1. The van der Waals surface area contributed by atoms with Crippen molar-refractivity contribution in [3.05, 3.63) is 24.3 Å². The van der Waals surface area contributed by atoms with Gasteiger partial charge in [-0.2, -0.15) is 0 Å². The van der Waals surface area contributed by atoms with Gasteiger partial charge in [-0.1, -0.05) is 186 Å². The molecule has 48 heavy (non-hydrogen) atoms. The van der Waals surface area contributed by atoms with Crippen molar-refractivity contribution in [2.45, 2.75) is 225 Å². The molecule has 0 amide bonds. The number of hydrogen-bond acceptors (Lipinski definition) is 5. The molecule has 0 fully saturated rings. The molecule has 0 aromatic heterocycles. The maximum Gasteiger partial charge on any atom is 0.306 e. The molecule has 0 aromatic rings. The molecule has 0 aliphatic rings. The summed E-state index contributed by atoms with van der Waals surface area (Å²) in [7, 11) is 0. The largest absolute Gasteiger partial charge is 0.462 e. The van der Waals surface area contributed by atoms with Gasteiger partial charge in [-0.05, 0) is 44.9 Å². The molecule has 0 heterocycles. The lowest BCUT2D eigenvalue weighted by Crippen LogP contribution is -2.28. The maximum atomic E-state index is 12.2. The summed E-state index contributed by atoms with van der Waals surface area (Å²) in [6.07, 6.45) is 46.7. The third-order valence-electron chi connectivity index (χ3n) is 9.25. The van der Waals surface area contributed by atoms with Crippen LogP contribution in [0, 0.1) is 0 Å². The minimum absolute atomic E-state index is 0.0629. The molecule has 0 aliphatic carbocycles. The molecule has 0 spiro atoms. The second kappa shape index (κ2) is 39.8. The minimum atomic E-state index is -0.768. The number of unbranched alkanes of at least 4 members (excludes halogenated alkanes) is 26. The molecule has 0 radical (unpaired) electrons. The average Bonchev–Trinajstić information content (AvgIpc) is 3.09. The Morgan fingerprint density at radius 2 is 0.833 bits per heavy atom. The second-order valence-corrected chi connectivity index (χ2v) is 14.1. The third-order valence-corrected chi connectivity index (χ3v) is 9.25. The first kappa shape index (κ1) is 46.4. The number of aliphatic hydroxyl groups is 1. The SMILES string of the molecule is CCCCC/C=C\C/C=C\CCCCCCCCCCCC(=O)OC(CO)COC(=O)CCCCCCCCCCCCCCCCC. The van der Waals surface area contributed by atoms with Gasteiger partial charge in [0.25, 0.3) is 0 Å². The van der Waals surface area contributed by atoms with E-state index in [1.165, 1.54) is 148 Å². The molecule has 1 N–H and O–H groups in total. The summed E-state index contributed by atoms with van der Waals surface area (Å²) in [5.74, 6) is -0.586. The summed E-state index contributed by atoms with van der Waals surface area (Å²) in [5.41, 5.74) is 0. The molecule has 0 bridgehead atoms. The Balaban J connectivity index is 3.52. The molecule has 0 rings (SSSR count). The topological polar surface area (TPSA) is 72.8 Å². The van der Waals surface area contributed by atoms with E-state index in [0.29, 0.717) is 12.8 Å². The van der Waals surface area contributed by atoms with E-state index in [9.17, 15) is 14.7 Å². The number of carbonyl (C=O) groups excluding carboxylic acids is 2. The van der Waals surface area contributed by atoms with Gasteiger partial charge < -0.3 is 14.6 Å². The van der Waals surface area contributed by atoms with Gasteiger partial charge in [-0.25, -0.2) is 0 Å². The molecule has 0 saturated carbocycles. The molecule has 0 aromatic carbocycles. The molecular formula is C43H80O5. The number of ether oxygens (including phenoxy) is 2. The van der Waals surface area contributed by atoms with Crippen LogP contribution in [-0.4, -0.2) is 36.4 Å². The van der Waals surface area contributed by atoms with Crippen molar-refractivity contribution in [3.8, 4) is 0 Å². The van der Waals surface area contributed by atoms with Gasteiger partial charge >= 0.3 is 11.9 Å². The van der Waals surface area contributed by atoms with Crippen LogP contribution < -0.4 is 0 Å². The van der Waals surface area contributed by atoms with Gasteiger partial charge in [-0.15, -0.1) is 0 Å². The second-order valence-electron chi connectivity index (χ2n) is 14.1. The zero-order valence-electron chi connectivity index (χ0n) is 32.0. The summed E-state index contributed by atoms with van der Waals surface area (Å²) in [5, 5.41) is 9.56. The molecule has 1 unspecified atom stereocenters. The van der Waals surface area contributed by atoms with Gasteiger partial charge in [-0.3, -0.25) is 9.59 Å². The Morgan fingerprint density at radius 1 is 0.479 bits per heavy atom. The van der Waals surface area contributed by atoms with Gasteiger partial charge in [0.2, 0.25) is 0 Å². The Labute approximate surface area is 298 Å². The van der Waals surface area contributed by atoms with Crippen molar-refractivity contribution in [2.75, 3.05) is 13.2 Å². The summed E-state index contributed by atoms with van der Waals surface area (Å²) >= 11 is 0. The lowest BCUT2D eigenvalue weighted by molar-refractivity contribution is -0.161. The summed E-state index contributed by atoms with van der Waals surface area (Å²) in [6.45, 7) is 4.13. The first-order valence-corrected chi connectivity index (χ1v) is 20.9. The number of carbonyl (C=O) groups is 2. The molecule has 0 saturated heterocycles. The predicted octanol–water partition coefficient (Wildman–Crippen LogP) is 13.1. The van der Waals surface area contributed by atoms with Crippen LogP contribution in [0.1, 0.15) is 219 Å². The number of esters is 2. The maximum absolute atomic E-state index is 12.2. The van der Waals surface area contributed by atoms with Crippen LogP contribution in [0.15, 0.2) is 24.3 Å². The van der Waals surface area contributed by atoms with Crippen LogP contribution in [0.2, 0.25) is 0 Å². The Bertz CT molecular complexity index is 731. The molecule has 1 atom stereocenters. The number of hydrogen-bond donors (Lipinski definition) is 1. The first-order valence-electron chi connectivity index (χ1n) is 20.9. The smallest absolute Gasteiger partial charge is 0.306 e. The van der Waals surface area contributed by atoms with Gasteiger partial charge in [0.1, 0.15) is 6.61 Å². The zero-order chi connectivity index (χ0) is 35.0. The summed E-state index contributed by atoms with van der Waals surface area (Å²) in [6, 6.07) is 0. The highest BCUT2D eigenvalue weighted by Crippen LogP contribution is 2.15.